The number of aliphatic hydroxyl groups excluding tert-OH is 3. The second-order valence-corrected chi connectivity index (χ2v) is 3.71. The lowest BCUT2D eigenvalue weighted by molar-refractivity contribution is 0.0342. The molecule has 1 aromatic carbocycles. The van der Waals surface area contributed by atoms with Crippen LogP contribution in [0.4, 0.5) is 0 Å². The Labute approximate surface area is 91.1 Å². The summed E-state index contributed by atoms with van der Waals surface area (Å²) < 4.78 is 0. The van der Waals surface area contributed by atoms with E-state index >= 15 is 0 Å². The Balaban J connectivity index is 2.75. The van der Waals surface area contributed by atoms with Crippen LogP contribution in [0.3, 0.4) is 0 Å². The van der Waals surface area contributed by atoms with Crippen molar-refractivity contribution in [3.63, 3.8) is 0 Å². The normalized spacial score (nSPS) is 15.1. The first-order chi connectivity index (χ1) is 6.69. The van der Waals surface area contributed by atoms with Crippen LogP contribution in [-0.2, 0) is 6.61 Å². The molecule has 0 saturated carbocycles. The second-order valence-electron chi connectivity index (χ2n) is 3.07. The zero-order valence-corrected chi connectivity index (χ0v) is 9.18. The van der Waals surface area contributed by atoms with E-state index in [0.29, 0.717) is 10.9 Å². The number of hydrogen-bond acceptors (Lipinski definition) is 3. The molecule has 0 radical (unpaired) electrons. The zero-order chi connectivity index (χ0) is 10.6. The monoisotopic (exact) mass is 260 g/mol. The maximum absolute atomic E-state index is 9.61. The number of benzene rings is 1. The van der Waals surface area contributed by atoms with Gasteiger partial charge in [0.15, 0.2) is 0 Å². The first kappa shape index (κ1) is 11.7. The van der Waals surface area contributed by atoms with Gasteiger partial charge in [-0.25, -0.2) is 0 Å². The van der Waals surface area contributed by atoms with Gasteiger partial charge in [0.1, 0.15) is 6.10 Å². The molecular weight excluding hydrogens is 248 g/mol. The fourth-order valence-electron chi connectivity index (χ4n) is 1.13. The standard InChI is InChI=1S/C10H13BrO3/c11-5-9(13)10(14)8-3-1-7(6-12)2-4-8/h1-4,9-10,12-14H,5-6H2. The molecule has 78 valence electrons. The molecule has 0 bridgehead atoms. The number of hydrogen-bond donors (Lipinski definition) is 3. The maximum Gasteiger partial charge on any atom is 0.106 e. The van der Waals surface area contributed by atoms with Crippen LogP contribution in [0.2, 0.25) is 0 Å². The fraction of sp³-hybridized carbons (Fsp3) is 0.400. The van der Waals surface area contributed by atoms with Crippen molar-refractivity contribution in [3.8, 4) is 0 Å². The van der Waals surface area contributed by atoms with Crippen molar-refractivity contribution in [2.45, 2.75) is 18.8 Å². The summed E-state index contributed by atoms with van der Waals surface area (Å²) >= 11 is 3.09. The van der Waals surface area contributed by atoms with Crippen LogP contribution in [0.1, 0.15) is 17.2 Å². The molecule has 0 aliphatic carbocycles. The van der Waals surface area contributed by atoms with Crippen molar-refractivity contribution < 1.29 is 15.3 Å². The highest BCUT2D eigenvalue weighted by Gasteiger charge is 2.16. The molecule has 1 rings (SSSR count). The van der Waals surface area contributed by atoms with Gasteiger partial charge in [-0.2, -0.15) is 0 Å². The molecule has 2 atom stereocenters. The third kappa shape index (κ3) is 2.78. The summed E-state index contributed by atoms with van der Waals surface area (Å²) in [6.07, 6.45) is -1.70. The van der Waals surface area contributed by atoms with Crippen molar-refractivity contribution in [1.82, 2.24) is 0 Å². The minimum Gasteiger partial charge on any atom is -0.392 e. The van der Waals surface area contributed by atoms with Crippen molar-refractivity contribution >= 4 is 15.9 Å². The third-order valence-corrected chi connectivity index (χ3v) is 2.69. The molecule has 0 fully saturated rings. The second kappa shape index (κ2) is 5.46. The Morgan fingerprint density at radius 1 is 1.14 bits per heavy atom. The van der Waals surface area contributed by atoms with E-state index in [1.165, 1.54) is 0 Å². The minimum absolute atomic E-state index is 0.0165. The van der Waals surface area contributed by atoms with Crippen molar-refractivity contribution in [2.75, 3.05) is 5.33 Å². The Kier molecular flexibility index (Phi) is 4.54. The van der Waals surface area contributed by atoms with Gasteiger partial charge in [-0.05, 0) is 11.1 Å². The molecule has 14 heavy (non-hydrogen) atoms. The van der Waals surface area contributed by atoms with Crippen LogP contribution in [0, 0.1) is 0 Å². The molecule has 0 aliphatic rings. The average Bonchev–Trinajstić information content (AvgIpc) is 2.27. The zero-order valence-electron chi connectivity index (χ0n) is 7.60. The minimum atomic E-state index is -0.887. The lowest BCUT2D eigenvalue weighted by atomic mass is 10.0. The lowest BCUT2D eigenvalue weighted by Gasteiger charge is -2.15. The van der Waals surface area contributed by atoms with Gasteiger partial charge in [0, 0.05) is 5.33 Å². The molecular formula is C10H13BrO3. The number of alkyl halides is 1. The molecule has 3 nitrogen and oxygen atoms in total. The summed E-state index contributed by atoms with van der Waals surface area (Å²) in [6, 6.07) is 6.84. The van der Waals surface area contributed by atoms with Gasteiger partial charge in [0.2, 0.25) is 0 Å². The van der Waals surface area contributed by atoms with Crippen molar-refractivity contribution in [2.24, 2.45) is 0 Å². The first-order valence-electron chi connectivity index (χ1n) is 4.31. The van der Waals surface area contributed by atoms with Crippen LogP contribution in [-0.4, -0.2) is 26.8 Å². The number of rotatable bonds is 4. The Morgan fingerprint density at radius 2 is 1.71 bits per heavy atom. The van der Waals surface area contributed by atoms with E-state index in [2.05, 4.69) is 15.9 Å². The molecule has 0 aliphatic heterocycles. The van der Waals surface area contributed by atoms with Gasteiger partial charge in [-0.1, -0.05) is 40.2 Å². The summed E-state index contributed by atoms with van der Waals surface area (Å²) in [7, 11) is 0. The Morgan fingerprint density at radius 3 is 2.14 bits per heavy atom. The largest absolute Gasteiger partial charge is 0.392 e. The van der Waals surface area contributed by atoms with Gasteiger partial charge in [-0.3, -0.25) is 0 Å². The summed E-state index contributed by atoms with van der Waals surface area (Å²) in [6.45, 7) is -0.0165. The molecule has 0 saturated heterocycles. The molecule has 0 aromatic heterocycles. The van der Waals surface area contributed by atoms with Gasteiger partial charge < -0.3 is 15.3 Å². The van der Waals surface area contributed by atoms with Crippen LogP contribution < -0.4 is 0 Å². The van der Waals surface area contributed by atoms with E-state index in [1.807, 2.05) is 0 Å². The van der Waals surface area contributed by atoms with Gasteiger partial charge in [0.25, 0.3) is 0 Å². The van der Waals surface area contributed by atoms with Crippen molar-refractivity contribution in [3.05, 3.63) is 35.4 Å². The van der Waals surface area contributed by atoms with Crippen LogP contribution in [0.25, 0.3) is 0 Å². The summed E-state index contributed by atoms with van der Waals surface area (Å²) in [5.41, 5.74) is 1.43. The van der Waals surface area contributed by atoms with E-state index in [4.69, 9.17) is 5.11 Å². The number of halogens is 1. The van der Waals surface area contributed by atoms with Crippen molar-refractivity contribution in [1.29, 1.82) is 0 Å². The van der Waals surface area contributed by atoms with Crippen LogP contribution >= 0.6 is 15.9 Å². The topological polar surface area (TPSA) is 60.7 Å². The van der Waals surface area contributed by atoms with E-state index < -0.39 is 12.2 Å². The molecule has 3 N–H and O–H groups in total. The quantitative estimate of drug-likeness (QED) is 0.708. The van der Waals surface area contributed by atoms with Crippen LogP contribution in [0.15, 0.2) is 24.3 Å². The number of aliphatic hydroxyl groups is 3. The highest BCUT2D eigenvalue weighted by atomic mass is 79.9. The third-order valence-electron chi connectivity index (χ3n) is 2.03. The summed E-state index contributed by atoms with van der Waals surface area (Å²) in [5, 5.41) is 28.1. The first-order valence-corrected chi connectivity index (χ1v) is 5.43. The maximum atomic E-state index is 9.61. The average molecular weight is 261 g/mol. The van der Waals surface area contributed by atoms with Gasteiger partial charge >= 0.3 is 0 Å². The SMILES string of the molecule is OCc1ccc(C(O)C(O)CBr)cc1. The van der Waals surface area contributed by atoms with E-state index in [0.717, 1.165) is 5.56 Å². The predicted molar refractivity (Wildman–Crippen MR) is 57.1 cm³/mol. The van der Waals surface area contributed by atoms with Crippen LogP contribution in [0.5, 0.6) is 0 Å². The van der Waals surface area contributed by atoms with E-state index in [1.54, 1.807) is 24.3 Å². The molecule has 0 spiro atoms. The van der Waals surface area contributed by atoms with E-state index in [-0.39, 0.29) is 6.61 Å². The van der Waals surface area contributed by atoms with Gasteiger partial charge in [0.05, 0.1) is 12.7 Å². The molecule has 0 amide bonds. The highest BCUT2D eigenvalue weighted by Crippen LogP contribution is 2.18. The fourth-order valence-corrected chi connectivity index (χ4v) is 1.48. The Hall–Kier alpha value is -0.420. The predicted octanol–water partition coefficient (Wildman–Crippen LogP) is 0.968. The molecule has 0 heterocycles. The highest BCUT2D eigenvalue weighted by molar-refractivity contribution is 9.09. The molecule has 2 unspecified atom stereocenters. The molecule has 4 heteroatoms. The summed E-state index contributed by atoms with van der Waals surface area (Å²) in [4.78, 5) is 0. The molecule has 1 aromatic rings. The Bertz CT molecular complexity index is 273. The smallest absolute Gasteiger partial charge is 0.106 e. The summed E-state index contributed by atoms with van der Waals surface area (Å²) in [5.74, 6) is 0. The van der Waals surface area contributed by atoms with Gasteiger partial charge in [-0.15, -0.1) is 0 Å². The lowest BCUT2D eigenvalue weighted by Crippen LogP contribution is -2.19. The van der Waals surface area contributed by atoms with E-state index in [9.17, 15) is 10.2 Å².